The van der Waals surface area contributed by atoms with Gasteiger partial charge in [0.2, 0.25) is 0 Å². The SMILES string of the molecule is CC1=CC(=CN=Nc2cccc3ccccc23)C=C(C)C1=O. The van der Waals surface area contributed by atoms with Crippen molar-refractivity contribution in [2.75, 3.05) is 0 Å². The number of ketones is 1. The number of benzene rings is 2. The molecule has 0 aliphatic heterocycles. The van der Waals surface area contributed by atoms with Gasteiger partial charge in [-0.05, 0) is 54.2 Å². The molecule has 0 fully saturated rings. The highest BCUT2D eigenvalue weighted by molar-refractivity contribution is 6.09. The average Bonchev–Trinajstić information content (AvgIpc) is 2.53. The quantitative estimate of drug-likeness (QED) is 0.693. The molecule has 0 unspecified atom stereocenters. The van der Waals surface area contributed by atoms with Crippen LogP contribution in [0.25, 0.3) is 10.8 Å². The second kappa shape index (κ2) is 5.90. The van der Waals surface area contributed by atoms with E-state index in [0.29, 0.717) is 0 Å². The number of hydrogen-bond acceptors (Lipinski definition) is 3. The number of Topliss-reactive ketones (excluding diaryl/α,β-unsaturated/α-hetero) is 1. The molecule has 0 radical (unpaired) electrons. The van der Waals surface area contributed by atoms with E-state index < -0.39 is 0 Å². The van der Waals surface area contributed by atoms with Gasteiger partial charge in [0.15, 0.2) is 5.78 Å². The highest BCUT2D eigenvalue weighted by atomic mass is 16.1. The Hall–Kier alpha value is -2.81. The van der Waals surface area contributed by atoms with Gasteiger partial charge in [0, 0.05) is 5.39 Å². The van der Waals surface area contributed by atoms with Crippen molar-refractivity contribution < 1.29 is 4.79 Å². The maximum absolute atomic E-state index is 11.7. The van der Waals surface area contributed by atoms with Crippen molar-refractivity contribution in [3.05, 3.63) is 77.5 Å². The average molecular weight is 288 g/mol. The lowest BCUT2D eigenvalue weighted by Gasteiger charge is -2.08. The maximum Gasteiger partial charge on any atom is 0.184 e. The van der Waals surface area contributed by atoms with Gasteiger partial charge in [0.1, 0.15) is 0 Å². The summed E-state index contributed by atoms with van der Waals surface area (Å²) in [6.45, 7) is 3.63. The summed E-state index contributed by atoms with van der Waals surface area (Å²) in [6.07, 6.45) is 5.34. The molecule has 0 aromatic heterocycles. The third-order valence-corrected chi connectivity index (χ3v) is 3.62. The van der Waals surface area contributed by atoms with Crippen molar-refractivity contribution in [2.24, 2.45) is 10.2 Å². The van der Waals surface area contributed by atoms with Crippen LogP contribution in [-0.2, 0) is 4.79 Å². The first kappa shape index (κ1) is 14.1. The lowest BCUT2D eigenvalue weighted by Crippen LogP contribution is -2.05. The Kier molecular flexibility index (Phi) is 3.79. The number of carbonyl (C=O) groups excluding carboxylic acids is 1. The van der Waals surface area contributed by atoms with E-state index in [9.17, 15) is 4.79 Å². The van der Waals surface area contributed by atoms with E-state index in [2.05, 4.69) is 22.4 Å². The minimum Gasteiger partial charge on any atom is -0.289 e. The summed E-state index contributed by atoms with van der Waals surface area (Å²) in [4.78, 5) is 11.7. The summed E-state index contributed by atoms with van der Waals surface area (Å²) in [5, 5.41) is 10.7. The standard InChI is InChI=1S/C19H16N2O/c1-13-10-15(11-14(2)19(13)22)12-20-21-18-9-5-7-16-6-3-4-8-17(16)18/h3-12H,1-2H3. The summed E-state index contributed by atoms with van der Waals surface area (Å²) < 4.78 is 0. The molecular weight excluding hydrogens is 272 g/mol. The van der Waals surface area contributed by atoms with E-state index in [1.165, 1.54) is 0 Å². The second-order valence-electron chi connectivity index (χ2n) is 5.33. The third kappa shape index (κ3) is 2.79. The molecule has 2 aromatic carbocycles. The van der Waals surface area contributed by atoms with E-state index >= 15 is 0 Å². The summed E-state index contributed by atoms with van der Waals surface area (Å²) in [7, 11) is 0. The fourth-order valence-electron chi connectivity index (χ4n) is 2.51. The summed E-state index contributed by atoms with van der Waals surface area (Å²) in [5.41, 5.74) is 3.18. The Morgan fingerprint density at radius 3 is 2.36 bits per heavy atom. The Bertz CT molecular complexity index is 841. The number of nitrogens with zero attached hydrogens (tertiary/aromatic N) is 2. The minimum atomic E-state index is 0.0862. The van der Waals surface area contributed by atoms with Gasteiger partial charge in [-0.2, -0.15) is 10.2 Å². The van der Waals surface area contributed by atoms with Gasteiger partial charge in [-0.15, -0.1) is 0 Å². The molecule has 108 valence electrons. The highest BCUT2D eigenvalue weighted by Crippen LogP contribution is 2.26. The highest BCUT2D eigenvalue weighted by Gasteiger charge is 2.12. The first-order valence-electron chi connectivity index (χ1n) is 7.15. The van der Waals surface area contributed by atoms with Crippen LogP contribution in [0.4, 0.5) is 5.69 Å². The molecule has 3 nitrogen and oxygen atoms in total. The maximum atomic E-state index is 11.7. The van der Waals surface area contributed by atoms with E-state index in [1.54, 1.807) is 6.20 Å². The lowest BCUT2D eigenvalue weighted by molar-refractivity contribution is -0.112. The second-order valence-corrected chi connectivity index (χ2v) is 5.33. The van der Waals surface area contributed by atoms with Crippen LogP contribution >= 0.6 is 0 Å². The minimum absolute atomic E-state index is 0.0862. The predicted octanol–water partition coefficient (Wildman–Crippen LogP) is 5.28. The van der Waals surface area contributed by atoms with Crippen LogP contribution in [0, 0.1) is 0 Å². The molecule has 3 heteroatoms. The molecule has 0 saturated heterocycles. The van der Waals surface area contributed by atoms with Gasteiger partial charge in [-0.25, -0.2) is 0 Å². The normalized spacial score (nSPS) is 15.2. The number of rotatable bonds is 2. The van der Waals surface area contributed by atoms with Crippen molar-refractivity contribution in [1.29, 1.82) is 0 Å². The van der Waals surface area contributed by atoms with Gasteiger partial charge in [-0.1, -0.05) is 36.4 Å². The van der Waals surface area contributed by atoms with Crippen molar-refractivity contribution in [2.45, 2.75) is 13.8 Å². The van der Waals surface area contributed by atoms with Crippen LogP contribution in [0.3, 0.4) is 0 Å². The third-order valence-electron chi connectivity index (χ3n) is 3.62. The Morgan fingerprint density at radius 2 is 1.59 bits per heavy atom. The van der Waals surface area contributed by atoms with Crippen LogP contribution in [0.5, 0.6) is 0 Å². The predicted molar refractivity (Wildman–Crippen MR) is 89.1 cm³/mol. The molecule has 3 rings (SSSR count). The van der Waals surface area contributed by atoms with Crippen molar-refractivity contribution >= 4 is 22.2 Å². The monoisotopic (exact) mass is 288 g/mol. The largest absolute Gasteiger partial charge is 0.289 e. The molecule has 0 saturated carbocycles. The topological polar surface area (TPSA) is 41.8 Å². The van der Waals surface area contributed by atoms with Crippen LogP contribution in [0.1, 0.15) is 13.8 Å². The molecule has 2 aromatic rings. The zero-order valence-corrected chi connectivity index (χ0v) is 12.6. The summed E-state index contributed by atoms with van der Waals surface area (Å²) >= 11 is 0. The summed E-state index contributed by atoms with van der Waals surface area (Å²) in [6, 6.07) is 14.0. The van der Waals surface area contributed by atoms with Crippen LogP contribution in [-0.4, -0.2) is 5.78 Å². The van der Waals surface area contributed by atoms with E-state index in [-0.39, 0.29) is 5.78 Å². The van der Waals surface area contributed by atoms with Gasteiger partial charge >= 0.3 is 0 Å². The fourth-order valence-corrected chi connectivity index (χ4v) is 2.51. The van der Waals surface area contributed by atoms with Crippen molar-refractivity contribution in [3.8, 4) is 0 Å². The molecule has 22 heavy (non-hydrogen) atoms. The van der Waals surface area contributed by atoms with Gasteiger partial charge in [0.25, 0.3) is 0 Å². The van der Waals surface area contributed by atoms with Gasteiger partial charge in [-0.3, -0.25) is 4.79 Å². The fraction of sp³-hybridized carbons (Fsp3) is 0.105. The van der Waals surface area contributed by atoms with E-state index in [1.807, 2.05) is 56.3 Å². The smallest absolute Gasteiger partial charge is 0.184 e. The molecule has 1 aliphatic carbocycles. The number of azo groups is 1. The number of fused-ring (bicyclic) bond motifs is 1. The van der Waals surface area contributed by atoms with E-state index in [4.69, 9.17) is 0 Å². The molecule has 0 spiro atoms. The van der Waals surface area contributed by atoms with Crippen LogP contribution in [0.2, 0.25) is 0 Å². The van der Waals surface area contributed by atoms with Gasteiger partial charge < -0.3 is 0 Å². The molecular formula is C19H16N2O. The van der Waals surface area contributed by atoms with Crippen LogP contribution < -0.4 is 0 Å². The van der Waals surface area contributed by atoms with Gasteiger partial charge in [0.05, 0.1) is 11.9 Å². The first-order valence-corrected chi connectivity index (χ1v) is 7.15. The molecule has 1 aliphatic rings. The van der Waals surface area contributed by atoms with Crippen molar-refractivity contribution in [1.82, 2.24) is 0 Å². The Balaban J connectivity index is 1.91. The zero-order chi connectivity index (χ0) is 15.5. The lowest BCUT2D eigenvalue weighted by atomic mass is 9.96. The first-order chi connectivity index (χ1) is 10.6. The number of allylic oxidation sites excluding steroid dienone is 5. The molecule has 0 atom stereocenters. The Morgan fingerprint density at radius 1 is 0.909 bits per heavy atom. The molecule has 0 amide bonds. The van der Waals surface area contributed by atoms with Crippen molar-refractivity contribution in [3.63, 3.8) is 0 Å². The molecule has 0 bridgehead atoms. The molecule has 0 N–H and O–H groups in total. The van der Waals surface area contributed by atoms with Crippen LogP contribution in [0.15, 0.2) is 87.8 Å². The number of hydrogen-bond donors (Lipinski definition) is 0. The zero-order valence-electron chi connectivity index (χ0n) is 12.6. The summed E-state index contributed by atoms with van der Waals surface area (Å²) in [5.74, 6) is 0.0862. The van der Waals surface area contributed by atoms with E-state index in [0.717, 1.165) is 33.2 Å². The Labute approximate surface area is 129 Å². The molecule has 0 heterocycles. The number of carbonyl (C=O) groups is 1.